The van der Waals surface area contributed by atoms with Gasteiger partial charge in [-0.05, 0) is 32.6 Å². The number of hydrogen-bond acceptors (Lipinski definition) is 4. The highest BCUT2D eigenvalue weighted by Crippen LogP contribution is 2.26. The number of rotatable bonds is 4. The smallest absolute Gasteiger partial charge is 0.326 e. The van der Waals surface area contributed by atoms with Crippen molar-refractivity contribution in [1.29, 1.82) is 0 Å². The molecule has 2 rings (SSSR count). The first-order chi connectivity index (χ1) is 9.93. The molecule has 0 saturated carbocycles. The zero-order chi connectivity index (χ0) is 15.6. The number of aliphatic carboxylic acids is 1. The molecule has 0 aliphatic carbocycles. The van der Waals surface area contributed by atoms with Gasteiger partial charge in [0.1, 0.15) is 11.8 Å². The Morgan fingerprint density at radius 1 is 1.43 bits per heavy atom. The van der Waals surface area contributed by atoms with E-state index in [2.05, 4.69) is 12.1 Å². The van der Waals surface area contributed by atoms with E-state index in [1.807, 2.05) is 0 Å². The number of aryl methyl sites for hydroxylation is 2. The second-order valence-corrected chi connectivity index (χ2v) is 5.72. The van der Waals surface area contributed by atoms with Gasteiger partial charge in [0, 0.05) is 12.1 Å². The van der Waals surface area contributed by atoms with Crippen molar-refractivity contribution in [2.45, 2.75) is 52.5 Å². The zero-order valence-corrected chi connectivity index (χ0v) is 12.8. The summed E-state index contributed by atoms with van der Waals surface area (Å²) in [5.41, 5.74) is 1.46. The summed E-state index contributed by atoms with van der Waals surface area (Å²) in [4.78, 5) is 25.4. The molecule has 1 N–H and O–H groups in total. The number of piperidine rings is 1. The Balaban J connectivity index is 2.12. The summed E-state index contributed by atoms with van der Waals surface area (Å²) in [6.07, 6.45) is 2.52. The number of likely N-dealkylation sites (tertiary alicyclic amines) is 1. The number of aromatic nitrogens is 1. The first-order valence-electron chi connectivity index (χ1n) is 7.38. The number of carboxylic acid groups (broad SMARTS) is 1. The molecular weight excluding hydrogens is 272 g/mol. The van der Waals surface area contributed by atoms with E-state index in [4.69, 9.17) is 4.52 Å². The van der Waals surface area contributed by atoms with Gasteiger partial charge in [-0.2, -0.15) is 0 Å². The van der Waals surface area contributed by atoms with Crippen LogP contribution in [0.5, 0.6) is 0 Å². The molecule has 21 heavy (non-hydrogen) atoms. The Kier molecular flexibility index (Phi) is 4.65. The molecular formula is C15H22N2O4. The van der Waals surface area contributed by atoms with Crippen LogP contribution in [-0.4, -0.2) is 39.6 Å². The summed E-state index contributed by atoms with van der Waals surface area (Å²) in [5, 5.41) is 13.2. The van der Waals surface area contributed by atoms with E-state index in [-0.39, 0.29) is 12.3 Å². The minimum Gasteiger partial charge on any atom is -0.480 e. The lowest BCUT2D eigenvalue weighted by atomic mass is 9.88. The van der Waals surface area contributed by atoms with Gasteiger partial charge in [0.25, 0.3) is 0 Å². The Morgan fingerprint density at radius 2 is 2.14 bits per heavy atom. The maximum Gasteiger partial charge on any atom is 0.326 e. The summed E-state index contributed by atoms with van der Waals surface area (Å²) < 4.78 is 5.06. The molecule has 2 atom stereocenters. The molecule has 1 aromatic rings. The summed E-state index contributed by atoms with van der Waals surface area (Å²) in [6, 6.07) is -0.711. The summed E-state index contributed by atoms with van der Waals surface area (Å²) in [5.74, 6) is -0.0722. The molecule has 1 fully saturated rings. The maximum absolute atomic E-state index is 12.5. The van der Waals surface area contributed by atoms with Crippen LogP contribution in [0.2, 0.25) is 0 Å². The fourth-order valence-corrected chi connectivity index (χ4v) is 2.95. The van der Waals surface area contributed by atoms with Gasteiger partial charge in [-0.1, -0.05) is 18.5 Å². The molecule has 0 spiro atoms. The van der Waals surface area contributed by atoms with E-state index in [9.17, 15) is 14.7 Å². The first-order valence-corrected chi connectivity index (χ1v) is 7.38. The monoisotopic (exact) mass is 294 g/mol. The lowest BCUT2D eigenvalue weighted by molar-refractivity contribution is -0.152. The average Bonchev–Trinajstić information content (AvgIpc) is 2.78. The standard InChI is InChI=1S/C15H22N2O4/c1-4-11-5-6-17(13(7-11)15(19)20)14(18)8-12-9(2)16-21-10(12)3/h11,13H,4-8H2,1-3H3,(H,19,20). The van der Waals surface area contributed by atoms with Gasteiger partial charge >= 0.3 is 5.97 Å². The Hall–Kier alpha value is -1.85. The van der Waals surface area contributed by atoms with Gasteiger partial charge < -0.3 is 14.5 Å². The molecule has 0 bridgehead atoms. The van der Waals surface area contributed by atoms with Gasteiger partial charge in [0.15, 0.2) is 0 Å². The van der Waals surface area contributed by atoms with Gasteiger partial charge in [-0.15, -0.1) is 0 Å². The Labute approximate surface area is 124 Å². The van der Waals surface area contributed by atoms with E-state index in [1.54, 1.807) is 13.8 Å². The van der Waals surface area contributed by atoms with Crippen LogP contribution in [0.15, 0.2) is 4.52 Å². The molecule has 0 radical (unpaired) electrons. The van der Waals surface area contributed by atoms with E-state index >= 15 is 0 Å². The van der Waals surface area contributed by atoms with Crippen molar-refractivity contribution in [3.8, 4) is 0 Å². The maximum atomic E-state index is 12.5. The lowest BCUT2D eigenvalue weighted by Gasteiger charge is -2.37. The third kappa shape index (κ3) is 3.25. The van der Waals surface area contributed by atoms with Crippen molar-refractivity contribution in [2.75, 3.05) is 6.54 Å². The molecule has 2 heterocycles. The molecule has 0 aromatic carbocycles. The van der Waals surface area contributed by atoms with Crippen LogP contribution in [0.3, 0.4) is 0 Å². The Bertz CT molecular complexity index is 518. The van der Waals surface area contributed by atoms with Crippen LogP contribution in [0.25, 0.3) is 0 Å². The zero-order valence-electron chi connectivity index (χ0n) is 12.8. The number of hydrogen-bond donors (Lipinski definition) is 1. The fraction of sp³-hybridized carbons (Fsp3) is 0.667. The molecule has 1 aliphatic heterocycles. The van der Waals surface area contributed by atoms with Crippen molar-refractivity contribution in [2.24, 2.45) is 5.92 Å². The summed E-state index contributed by atoms with van der Waals surface area (Å²) in [7, 11) is 0. The van der Waals surface area contributed by atoms with Crippen molar-refractivity contribution in [3.05, 3.63) is 17.0 Å². The minimum absolute atomic E-state index is 0.155. The van der Waals surface area contributed by atoms with Crippen LogP contribution < -0.4 is 0 Å². The van der Waals surface area contributed by atoms with E-state index in [0.29, 0.717) is 30.3 Å². The van der Waals surface area contributed by atoms with E-state index < -0.39 is 12.0 Å². The largest absolute Gasteiger partial charge is 0.480 e. The van der Waals surface area contributed by atoms with Crippen molar-refractivity contribution < 1.29 is 19.2 Å². The number of amides is 1. The predicted molar refractivity (Wildman–Crippen MR) is 75.8 cm³/mol. The molecule has 6 nitrogen and oxygen atoms in total. The highest BCUT2D eigenvalue weighted by atomic mass is 16.5. The molecule has 2 unspecified atom stereocenters. The molecule has 1 amide bonds. The van der Waals surface area contributed by atoms with Gasteiger partial charge in [-0.3, -0.25) is 4.79 Å². The molecule has 1 aromatic heterocycles. The molecule has 1 saturated heterocycles. The predicted octanol–water partition coefficient (Wildman–Crippen LogP) is 1.94. The fourth-order valence-electron chi connectivity index (χ4n) is 2.95. The summed E-state index contributed by atoms with van der Waals surface area (Å²) >= 11 is 0. The lowest BCUT2D eigenvalue weighted by Crippen LogP contribution is -2.50. The second-order valence-electron chi connectivity index (χ2n) is 5.72. The number of carboxylic acids is 1. The van der Waals surface area contributed by atoms with Crippen LogP contribution in [0.4, 0.5) is 0 Å². The highest BCUT2D eigenvalue weighted by molar-refractivity contribution is 5.85. The molecule has 1 aliphatic rings. The van der Waals surface area contributed by atoms with E-state index in [0.717, 1.165) is 18.4 Å². The highest BCUT2D eigenvalue weighted by Gasteiger charge is 2.35. The SMILES string of the molecule is CCC1CCN(C(=O)Cc2c(C)noc2C)C(C(=O)O)C1. The van der Waals surface area contributed by atoms with Crippen LogP contribution in [0, 0.1) is 19.8 Å². The number of carbonyl (C=O) groups excluding carboxylic acids is 1. The van der Waals surface area contributed by atoms with Crippen molar-refractivity contribution >= 4 is 11.9 Å². The van der Waals surface area contributed by atoms with Crippen LogP contribution in [0.1, 0.15) is 43.2 Å². The Morgan fingerprint density at radius 3 is 2.67 bits per heavy atom. The van der Waals surface area contributed by atoms with Crippen molar-refractivity contribution in [3.63, 3.8) is 0 Å². The van der Waals surface area contributed by atoms with Crippen LogP contribution >= 0.6 is 0 Å². The number of nitrogens with zero attached hydrogens (tertiary/aromatic N) is 2. The van der Waals surface area contributed by atoms with E-state index in [1.165, 1.54) is 4.90 Å². The van der Waals surface area contributed by atoms with Crippen LogP contribution in [-0.2, 0) is 16.0 Å². The number of carbonyl (C=O) groups is 2. The third-order valence-corrected chi connectivity index (χ3v) is 4.40. The molecule has 116 valence electrons. The first kappa shape index (κ1) is 15.5. The average molecular weight is 294 g/mol. The quantitative estimate of drug-likeness (QED) is 0.917. The summed E-state index contributed by atoms with van der Waals surface area (Å²) in [6.45, 7) is 6.13. The topological polar surface area (TPSA) is 83.6 Å². The van der Waals surface area contributed by atoms with Crippen molar-refractivity contribution in [1.82, 2.24) is 10.1 Å². The third-order valence-electron chi connectivity index (χ3n) is 4.40. The second kappa shape index (κ2) is 6.28. The van der Waals surface area contributed by atoms with Gasteiger partial charge in [0.2, 0.25) is 5.91 Å². The minimum atomic E-state index is -0.916. The van der Waals surface area contributed by atoms with Gasteiger partial charge in [-0.25, -0.2) is 4.79 Å². The molecule has 6 heteroatoms. The van der Waals surface area contributed by atoms with Gasteiger partial charge in [0.05, 0.1) is 12.1 Å². The normalized spacial score (nSPS) is 22.3.